The molecule has 2 N–H and O–H groups in total. The normalized spacial score (nSPS) is 24.6. The fraction of sp³-hybridized carbons (Fsp3) is 1.00. The van der Waals surface area contributed by atoms with E-state index in [2.05, 4.69) is 29.2 Å². The molecule has 0 aromatic heterocycles. The number of nitrogens with zero attached hydrogens (tertiary/aromatic N) is 2. The minimum Gasteiger partial charge on any atom is -0.389 e. The molecule has 5 heteroatoms. The average Bonchev–Trinajstić information content (AvgIpc) is 2.30. The lowest BCUT2D eigenvalue weighted by atomic mass is 10.2. The van der Waals surface area contributed by atoms with Gasteiger partial charge in [-0.25, -0.2) is 0 Å². The van der Waals surface area contributed by atoms with Crippen molar-refractivity contribution in [2.75, 3.05) is 53.4 Å². The fourth-order valence-corrected chi connectivity index (χ4v) is 2.14. The number of hydrogen-bond donors (Lipinski definition) is 2. The van der Waals surface area contributed by atoms with Gasteiger partial charge in [-0.1, -0.05) is 0 Å². The lowest BCUT2D eigenvalue weighted by Gasteiger charge is -2.38. The van der Waals surface area contributed by atoms with Gasteiger partial charge in [-0.2, -0.15) is 0 Å². The SMILES string of the molecule is CN1CCN(C)C(CNCC(O)COC(C)(C)C)C1. The standard InChI is InChI=1S/C14H31N3O2/c1-14(2,3)19-11-13(18)9-15-8-12-10-16(4)6-7-17(12)5/h12-13,15,18H,6-11H2,1-5H3. The van der Waals surface area contributed by atoms with E-state index in [0.717, 1.165) is 26.2 Å². The lowest BCUT2D eigenvalue weighted by molar-refractivity contribution is -0.0482. The molecule has 2 atom stereocenters. The van der Waals surface area contributed by atoms with Crippen molar-refractivity contribution in [3.63, 3.8) is 0 Å². The van der Waals surface area contributed by atoms with Gasteiger partial charge in [-0.05, 0) is 34.9 Å². The van der Waals surface area contributed by atoms with E-state index >= 15 is 0 Å². The van der Waals surface area contributed by atoms with Crippen LogP contribution in [0.15, 0.2) is 0 Å². The third kappa shape index (κ3) is 7.22. The van der Waals surface area contributed by atoms with Crippen molar-refractivity contribution < 1.29 is 9.84 Å². The van der Waals surface area contributed by atoms with Crippen molar-refractivity contribution in [1.82, 2.24) is 15.1 Å². The molecule has 0 amide bonds. The molecule has 1 rings (SSSR count). The minimum absolute atomic E-state index is 0.187. The summed E-state index contributed by atoms with van der Waals surface area (Å²) in [6, 6.07) is 0.523. The molecule has 0 aliphatic carbocycles. The van der Waals surface area contributed by atoms with Crippen molar-refractivity contribution in [1.29, 1.82) is 0 Å². The predicted octanol–water partition coefficient (Wildman–Crippen LogP) is -0.00220. The summed E-state index contributed by atoms with van der Waals surface area (Å²) in [5.41, 5.74) is -0.187. The zero-order valence-electron chi connectivity index (χ0n) is 13.1. The van der Waals surface area contributed by atoms with Gasteiger partial charge in [0.05, 0.1) is 18.3 Å². The van der Waals surface area contributed by atoms with Crippen LogP contribution in [0.2, 0.25) is 0 Å². The number of rotatable bonds is 6. The van der Waals surface area contributed by atoms with E-state index in [1.165, 1.54) is 0 Å². The second-order valence-corrected chi connectivity index (χ2v) is 6.63. The summed E-state index contributed by atoms with van der Waals surface area (Å²) in [5.74, 6) is 0. The lowest BCUT2D eigenvalue weighted by Crippen LogP contribution is -2.54. The van der Waals surface area contributed by atoms with Crippen LogP contribution in [-0.4, -0.2) is 86.1 Å². The Morgan fingerprint density at radius 2 is 2.00 bits per heavy atom. The Labute approximate surface area is 117 Å². The zero-order chi connectivity index (χ0) is 14.5. The van der Waals surface area contributed by atoms with Crippen LogP contribution in [0.5, 0.6) is 0 Å². The summed E-state index contributed by atoms with van der Waals surface area (Å²) in [4.78, 5) is 4.73. The molecule has 0 bridgehead atoms. The molecule has 0 aromatic carbocycles. The molecule has 0 radical (unpaired) electrons. The quantitative estimate of drug-likeness (QED) is 0.713. The highest BCUT2D eigenvalue weighted by molar-refractivity contribution is 4.80. The van der Waals surface area contributed by atoms with Crippen molar-refractivity contribution in [2.24, 2.45) is 0 Å². The van der Waals surface area contributed by atoms with Gasteiger partial charge in [0.25, 0.3) is 0 Å². The minimum atomic E-state index is -0.439. The molecule has 1 heterocycles. The number of hydrogen-bond acceptors (Lipinski definition) is 5. The van der Waals surface area contributed by atoms with Crippen molar-refractivity contribution in [3.8, 4) is 0 Å². The first-order chi connectivity index (χ1) is 8.78. The van der Waals surface area contributed by atoms with Crippen molar-refractivity contribution in [3.05, 3.63) is 0 Å². The largest absolute Gasteiger partial charge is 0.389 e. The third-order valence-electron chi connectivity index (χ3n) is 3.45. The van der Waals surface area contributed by atoms with Crippen LogP contribution in [0, 0.1) is 0 Å². The van der Waals surface area contributed by atoms with E-state index in [1.807, 2.05) is 20.8 Å². The van der Waals surface area contributed by atoms with Crippen LogP contribution in [0.4, 0.5) is 0 Å². The first-order valence-electron chi connectivity index (χ1n) is 7.19. The van der Waals surface area contributed by atoms with Gasteiger partial charge in [0.15, 0.2) is 0 Å². The van der Waals surface area contributed by atoms with Crippen molar-refractivity contribution in [2.45, 2.75) is 38.5 Å². The highest BCUT2D eigenvalue weighted by atomic mass is 16.5. The van der Waals surface area contributed by atoms with Crippen LogP contribution < -0.4 is 5.32 Å². The predicted molar refractivity (Wildman–Crippen MR) is 78.5 cm³/mol. The number of aliphatic hydroxyl groups excluding tert-OH is 1. The Morgan fingerprint density at radius 3 is 2.63 bits per heavy atom. The Morgan fingerprint density at radius 1 is 1.32 bits per heavy atom. The van der Waals surface area contributed by atoms with E-state index in [-0.39, 0.29) is 5.60 Å². The number of likely N-dealkylation sites (N-methyl/N-ethyl adjacent to an activating group) is 2. The number of piperazine rings is 1. The molecule has 0 spiro atoms. The van der Waals surface area contributed by atoms with Gasteiger partial charge in [0.2, 0.25) is 0 Å². The molecule has 114 valence electrons. The summed E-state index contributed by atoms with van der Waals surface area (Å²) in [7, 11) is 4.32. The summed E-state index contributed by atoms with van der Waals surface area (Å²) < 4.78 is 5.56. The first kappa shape index (κ1) is 16.9. The van der Waals surface area contributed by atoms with E-state index < -0.39 is 6.10 Å². The number of aliphatic hydroxyl groups is 1. The highest BCUT2D eigenvalue weighted by Gasteiger charge is 2.22. The molecule has 19 heavy (non-hydrogen) atoms. The monoisotopic (exact) mass is 273 g/mol. The molecule has 0 aromatic rings. The van der Waals surface area contributed by atoms with Crippen LogP contribution in [0.25, 0.3) is 0 Å². The van der Waals surface area contributed by atoms with E-state index in [1.54, 1.807) is 0 Å². The zero-order valence-corrected chi connectivity index (χ0v) is 13.1. The van der Waals surface area contributed by atoms with Gasteiger partial charge in [-0.15, -0.1) is 0 Å². The topological polar surface area (TPSA) is 48.0 Å². The van der Waals surface area contributed by atoms with E-state index in [4.69, 9.17) is 4.74 Å². The smallest absolute Gasteiger partial charge is 0.0897 e. The Balaban J connectivity index is 2.15. The summed E-state index contributed by atoms with van der Waals surface area (Å²) in [6.07, 6.45) is -0.439. The molecule has 1 saturated heterocycles. The van der Waals surface area contributed by atoms with Crippen molar-refractivity contribution >= 4 is 0 Å². The van der Waals surface area contributed by atoms with Crippen LogP contribution in [0.1, 0.15) is 20.8 Å². The molecule has 0 saturated carbocycles. The number of ether oxygens (including phenoxy) is 1. The maximum Gasteiger partial charge on any atom is 0.0897 e. The highest BCUT2D eigenvalue weighted by Crippen LogP contribution is 2.07. The Bertz CT molecular complexity index is 256. The van der Waals surface area contributed by atoms with Gasteiger partial charge in [0, 0.05) is 38.8 Å². The first-order valence-corrected chi connectivity index (χ1v) is 7.19. The van der Waals surface area contributed by atoms with Crippen LogP contribution in [-0.2, 0) is 4.74 Å². The van der Waals surface area contributed by atoms with Gasteiger partial charge in [-0.3, -0.25) is 4.90 Å². The summed E-state index contributed by atoms with van der Waals surface area (Å²) in [5, 5.41) is 13.2. The summed E-state index contributed by atoms with van der Waals surface area (Å²) in [6.45, 7) is 11.2. The molecule has 2 unspecified atom stereocenters. The number of nitrogens with one attached hydrogen (secondary N) is 1. The molecule has 5 nitrogen and oxygen atoms in total. The molecular formula is C14H31N3O2. The van der Waals surface area contributed by atoms with Gasteiger partial charge < -0.3 is 20.1 Å². The third-order valence-corrected chi connectivity index (χ3v) is 3.45. The molecule has 1 aliphatic rings. The van der Waals surface area contributed by atoms with Crippen LogP contribution in [0.3, 0.4) is 0 Å². The molecule has 1 fully saturated rings. The molecular weight excluding hydrogens is 242 g/mol. The van der Waals surface area contributed by atoms with Gasteiger partial charge in [0.1, 0.15) is 0 Å². The Hall–Kier alpha value is -0.200. The maximum absolute atomic E-state index is 9.85. The second-order valence-electron chi connectivity index (χ2n) is 6.63. The molecule has 1 aliphatic heterocycles. The average molecular weight is 273 g/mol. The fourth-order valence-electron chi connectivity index (χ4n) is 2.14. The van der Waals surface area contributed by atoms with Crippen LogP contribution >= 0.6 is 0 Å². The second kappa shape index (κ2) is 7.55. The Kier molecular flexibility index (Phi) is 6.69. The maximum atomic E-state index is 9.85. The van der Waals surface area contributed by atoms with E-state index in [0.29, 0.717) is 19.2 Å². The van der Waals surface area contributed by atoms with Gasteiger partial charge >= 0.3 is 0 Å². The van der Waals surface area contributed by atoms with E-state index in [9.17, 15) is 5.11 Å². The summed E-state index contributed by atoms with van der Waals surface area (Å²) >= 11 is 0.